The average molecular weight is 535 g/mol. The summed E-state index contributed by atoms with van der Waals surface area (Å²) in [6.45, 7) is 7.15. The van der Waals surface area contributed by atoms with E-state index in [0.717, 1.165) is 98.8 Å². The molecule has 8 heteroatoms. The van der Waals surface area contributed by atoms with Crippen molar-refractivity contribution in [2.75, 3.05) is 37.6 Å². The molecule has 0 radical (unpaired) electrons. The van der Waals surface area contributed by atoms with Crippen LogP contribution >= 0.6 is 12.4 Å². The van der Waals surface area contributed by atoms with Gasteiger partial charge in [0.1, 0.15) is 5.58 Å². The van der Waals surface area contributed by atoms with E-state index in [4.69, 9.17) is 4.42 Å². The van der Waals surface area contributed by atoms with Crippen LogP contribution in [-0.4, -0.2) is 53.7 Å². The van der Waals surface area contributed by atoms with E-state index in [0.29, 0.717) is 11.1 Å². The molecule has 1 saturated heterocycles. The van der Waals surface area contributed by atoms with Gasteiger partial charge in [-0.15, -0.1) is 12.4 Å². The molecule has 38 heavy (non-hydrogen) atoms. The first-order valence-electron chi connectivity index (χ1n) is 13.3. The SMILES string of the molecule is CCCCc1c(C(=O)O)oc2ccc(N3CCN(CCCCc4c[nH]c5ccc(C#N)cc45)CC3)cc12.Cl. The lowest BCUT2D eigenvalue weighted by Crippen LogP contribution is -2.46. The van der Waals surface area contributed by atoms with Crippen molar-refractivity contribution in [3.8, 4) is 6.07 Å². The summed E-state index contributed by atoms with van der Waals surface area (Å²) in [5.41, 5.74) is 5.71. The molecule has 2 aromatic heterocycles. The van der Waals surface area contributed by atoms with Crippen molar-refractivity contribution in [1.29, 1.82) is 5.26 Å². The largest absolute Gasteiger partial charge is 0.475 e. The number of benzene rings is 2. The van der Waals surface area contributed by atoms with E-state index >= 15 is 0 Å². The van der Waals surface area contributed by atoms with E-state index in [2.05, 4.69) is 46.1 Å². The number of H-pyrrole nitrogens is 1. The van der Waals surface area contributed by atoms with Gasteiger partial charge in [0.25, 0.3) is 0 Å². The highest BCUT2D eigenvalue weighted by Crippen LogP contribution is 2.31. The number of nitriles is 1. The highest BCUT2D eigenvalue weighted by molar-refractivity contribution is 5.96. The van der Waals surface area contributed by atoms with Crippen molar-refractivity contribution in [3.63, 3.8) is 0 Å². The molecule has 7 nitrogen and oxygen atoms in total. The van der Waals surface area contributed by atoms with E-state index in [-0.39, 0.29) is 18.2 Å². The molecule has 3 heterocycles. The maximum atomic E-state index is 11.7. The van der Waals surface area contributed by atoms with E-state index in [1.54, 1.807) is 0 Å². The summed E-state index contributed by atoms with van der Waals surface area (Å²) < 4.78 is 5.69. The van der Waals surface area contributed by atoms with Gasteiger partial charge in [0.15, 0.2) is 0 Å². The summed E-state index contributed by atoms with van der Waals surface area (Å²) >= 11 is 0. The van der Waals surface area contributed by atoms with Crippen LogP contribution < -0.4 is 4.90 Å². The molecule has 0 amide bonds. The first-order valence-corrected chi connectivity index (χ1v) is 13.3. The number of anilines is 1. The van der Waals surface area contributed by atoms with Crippen molar-refractivity contribution in [2.24, 2.45) is 0 Å². The van der Waals surface area contributed by atoms with Gasteiger partial charge in [-0.25, -0.2) is 4.79 Å². The summed E-state index contributed by atoms with van der Waals surface area (Å²) in [5.74, 6) is -0.905. The van der Waals surface area contributed by atoms with Gasteiger partial charge in [-0.05, 0) is 80.6 Å². The molecule has 1 aliphatic rings. The zero-order chi connectivity index (χ0) is 25.8. The molecular formula is C30H35ClN4O3. The molecule has 200 valence electrons. The first kappa shape index (κ1) is 27.6. The van der Waals surface area contributed by atoms with Crippen LogP contribution in [0.2, 0.25) is 0 Å². The van der Waals surface area contributed by atoms with Gasteiger partial charge in [-0.3, -0.25) is 4.90 Å². The predicted octanol–water partition coefficient (Wildman–Crippen LogP) is 6.39. The minimum atomic E-state index is -0.992. The summed E-state index contributed by atoms with van der Waals surface area (Å²) in [6, 6.07) is 14.1. The van der Waals surface area contributed by atoms with Crippen LogP contribution in [0.3, 0.4) is 0 Å². The minimum Gasteiger partial charge on any atom is -0.475 e. The number of halogens is 1. The van der Waals surface area contributed by atoms with Crippen LogP contribution in [0.1, 0.15) is 59.9 Å². The number of carbonyl (C=O) groups is 1. The Morgan fingerprint density at radius 1 is 1.05 bits per heavy atom. The Kier molecular flexibility index (Phi) is 8.98. The molecule has 2 N–H and O–H groups in total. The third-order valence-electron chi connectivity index (χ3n) is 7.55. The van der Waals surface area contributed by atoms with E-state index in [9.17, 15) is 15.2 Å². The maximum absolute atomic E-state index is 11.7. The number of aromatic amines is 1. The van der Waals surface area contributed by atoms with Crippen LogP contribution in [-0.2, 0) is 12.8 Å². The van der Waals surface area contributed by atoms with Crippen LogP contribution in [0.5, 0.6) is 0 Å². The maximum Gasteiger partial charge on any atom is 0.372 e. The number of unbranched alkanes of at least 4 members (excludes halogenated alkanes) is 2. The third kappa shape index (κ3) is 5.82. The zero-order valence-corrected chi connectivity index (χ0v) is 22.6. The van der Waals surface area contributed by atoms with Gasteiger partial charge < -0.3 is 19.4 Å². The average Bonchev–Trinajstić information content (AvgIpc) is 3.50. The van der Waals surface area contributed by atoms with Crippen LogP contribution in [0.4, 0.5) is 5.69 Å². The number of furan rings is 1. The molecular weight excluding hydrogens is 500 g/mol. The summed E-state index contributed by atoms with van der Waals surface area (Å²) in [7, 11) is 0. The second kappa shape index (κ2) is 12.4. The lowest BCUT2D eigenvalue weighted by atomic mass is 10.0. The number of aromatic nitrogens is 1. The molecule has 0 aliphatic carbocycles. The number of carboxylic acid groups (broad SMARTS) is 1. The molecule has 1 aliphatic heterocycles. The highest BCUT2D eigenvalue weighted by atomic mass is 35.5. The topological polar surface area (TPSA) is 96.5 Å². The Labute approximate surface area is 229 Å². The van der Waals surface area contributed by atoms with Gasteiger partial charge in [0.05, 0.1) is 11.6 Å². The van der Waals surface area contributed by atoms with Crippen LogP contribution in [0, 0.1) is 11.3 Å². The molecule has 0 atom stereocenters. The number of carboxylic acids is 1. The van der Waals surface area contributed by atoms with E-state index in [1.807, 2.05) is 24.3 Å². The Hall–Kier alpha value is -3.47. The molecule has 4 aromatic rings. The van der Waals surface area contributed by atoms with Crippen molar-refractivity contribution < 1.29 is 14.3 Å². The molecule has 1 fully saturated rings. The normalized spacial score (nSPS) is 14.1. The first-order chi connectivity index (χ1) is 18.1. The fourth-order valence-electron chi connectivity index (χ4n) is 5.44. The summed E-state index contributed by atoms with van der Waals surface area (Å²) in [4.78, 5) is 20.0. The summed E-state index contributed by atoms with van der Waals surface area (Å²) in [5, 5.41) is 20.9. The number of fused-ring (bicyclic) bond motifs is 2. The van der Waals surface area contributed by atoms with Crippen LogP contribution in [0.25, 0.3) is 21.9 Å². The summed E-state index contributed by atoms with van der Waals surface area (Å²) in [6.07, 6.45) is 8.03. The number of aromatic carboxylic acids is 1. The molecule has 2 aromatic carbocycles. The predicted molar refractivity (Wildman–Crippen MR) is 154 cm³/mol. The minimum absolute atomic E-state index is 0. The van der Waals surface area contributed by atoms with Gasteiger partial charge in [-0.1, -0.05) is 13.3 Å². The number of rotatable bonds is 10. The molecule has 0 unspecified atom stereocenters. The van der Waals surface area contributed by atoms with Crippen molar-refractivity contribution in [3.05, 3.63) is 65.0 Å². The van der Waals surface area contributed by atoms with E-state index < -0.39 is 5.97 Å². The van der Waals surface area contributed by atoms with Crippen molar-refractivity contribution in [2.45, 2.75) is 45.4 Å². The number of piperazine rings is 1. The second-order valence-electron chi connectivity index (χ2n) is 9.97. The van der Waals surface area contributed by atoms with Gasteiger partial charge >= 0.3 is 5.97 Å². The highest BCUT2D eigenvalue weighted by Gasteiger charge is 2.22. The number of aryl methyl sites for hydroxylation is 2. The molecule has 0 bridgehead atoms. The smallest absolute Gasteiger partial charge is 0.372 e. The lowest BCUT2D eigenvalue weighted by Gasteiger charge is -2.36. The number of hydrogen-bond donors (Lipinski definition) is 2. The molecule has 5 rings (SSSR count). The number of nitrogens with zero attached hydrogens (tertiary/aromatic N) is 3. The lowest BCUT2D eigenvalue weighted by molar-refractivity contribution is 0.0663. The number of nitrogens with one attached hydrogen (secondary N) is 1. The zero-order valence-electron chi connectivity index (χ0n) is 21.8. The second-order valence-corrected chi connectivity index (χ2v) is 9.97. The number of hydrogen-bond acceptors (Lipinski definition) is 5. The Morgan fingerprint density at radius 3 is 2.61 bits per heavy atom. The van der Waals surface area contributed by atoms with Gasteiger partial charge in [-0.2, -0.15) is 5.26 Å². The fraction of sp³-hybridized carbons (Fsp3) is 0.400. The van der Waals surface area contributed by atoms with Crippen molar-refractivity contribution in [1.82, 2.24) is 9.88 Å². The Bertz CT molecular complexity index is 1440. The van der Waals surface area contributed by atoms with Gasteiger partial charge in [0.2, 0.25) is 5.76 Å². The Morgan fingerprint density at radius 2 is 1.87 bits per heavy atom. The molecule has 0 saturated carbocycles. The van der Waals surface area contributed by atoms with Gasteiger partial charge in [0, 0.05) is 59.9 Å². The quantitative estimate of drug-likeness (QED) is 0.229. The van der Waals surface area contributed by atoms with E-state index in [1.165, 1.54) is 5.56 Å². The third-order valence-corrected chi connectivity index (χ3v) is 7.55. The fourth-order valence-corrected chi connectivity index (χ4v) is 5.44. The van der Waals surface area contributed by atoms with Crippen molar-refractivity contribution >= 4 is 45.9 Å². The Balaban J connectivity index is 0.00000336. The standard InChI is InChI=1S/C30H34N4O3.ClH/c1-2-3-7-24-26-18-23(9-11-28(26)37-29(24)30(35)36)34-15-13-33(14-16-34)12-5-4-6-22-20-32-27-10-8-21(19-31)17-25(22)27;/h8-11,17-18,20,32H,2-7,12-16H2,1H3,(H,35,36);1H. The molecule has 0 spiro atoms. The van der Waals surface area contributed by atoms with Crippen LogP contribution in [0.15, 0.2) is 47.0 Å². The monoisotopic (exact) mass is 534 g/mol.